The van der Waals surface area contributed by atoms with Crippen molar-refractivity contribution in [1.82, 2.24) is 0 Å². The molecule has 86 heavy (non-hydrogen) atoms. The fourth-order valence-electron chi connectivity index (χ4n) is 12.2. The highest BCUT2D eigenvalue weighted by Gasteiger charge is 2.58. The quantitative estimate of drug-likeness (QED) is 0.0378. The molecule has 9 N–H and O–H groups in total. The van der Waals surface area contributed by atoms with Crippen molar-refractivity contribution in [3.8, 4) is 0 Å². The Hall–Kier alpha value is -2.35. The summed E-state index contributed by atoms with van der Waals surface area (Å²) in [5.74, 6) is -2.14. The molecule has 0 aromatic carbocycles. The summed E-state index contributed by atoms with van der Waals surface area (Å²) in [6.45, 7) is 11.1. The highest BCUT2D eigenvalue weighted by molar-refractivity contribution is 5.70. The van der Waals surface area contributed by atoms with E-state index in [-0.39, 0.29) is 25.4 Å². The Morgan fingerprint density at radius 3 is 1.63 bits per heavy atom. The molecule has 6 saturated heterocycles. The van der Waals surface area contributed by atoms with Crippen LogP contribution in [0.3, 0.4) is 0 Å². The van der Waals surface area contributed by atoms with Crippen molar-refractivity contribution in [2.24, 2.45) is 0 Å². The summed E-state index contributed by atoms with van der Waals surface area (Å²) in [7, 11) is 0. The molecule has 6 rings (SSSR count). The van der Waals surface area contributed by atoms with E-state index in [0.29, 0.717) is 12.8 Å². The number of carbonyl (C=O) groups is 3. The Balaban J connectivity index is 1.28. The smallest absolute Gasteiger partial charge is 0.306 e. The van der Waals surface area contributed by atoms with Gasteiger partial charge in [-0.05, 0) is 53.4 Å². The van der Waals surface area contributed by atoms with Crippen LogP contribution in [0.25, 0.3) is 0 Å². The number of rotatable bonds is 24. The Morgan fingerprint density at radius 2 is 0.977 bits per heavy atom. The first-order valence-electron chi connectivity index (χ1n) is 32.4. The van der Waals surface area contributed by atoms with Gasteiger partial charge in [0, 0.05) is 19.3 Å². The van der Waals surface area contributed by atoms with Gasteiger partial charge in [-0.1, -0.05) is 130 Å². The van der Waals surface area contributed by atoms with Crippen molar-refractivity contribution in [2.45, 2.75) is 362 Å². The van der Waals surface area contributed by atoms with Crippen LogP contribution in [-0.2, 0) is 76.0 Å². The van der Waals surface area contributed by atoms with Crippen LogP contribution in [-0.4, -0.2) is 230 Å². The SMILES string of the molecule is CCCCCCCCCCCC(=O)OC1C(OC2C(C)OC3OC4C(OC(CCCCC)CCCCCCCCCC(=O)OC3C2O)OC(C)C(O)C4O)OC(C)C(OC2OC(C)C(OC(=O)CC)C(O)C2OC2OC(CO)C(O)C(O)C2O)C1O. The molecule has 0 saturated carbocycles. The molecule has 0 aromatic heterocycles. The third-order valence-corrected chi connectivity index (χ3v) is 17.5. The van der Waals surface area contributed by atoms with Crippen LogP contribution >= 0.6 is 0 Å². The lowest BCUT2D eigenvalue weighted by atomic mass is 9.95. The zero-order valence-electron chi connectivity index (χ0n) is 51.7. The minimum Gasteiger partial charge on any atom is -0.457 e. The predicted molar refractivity (Wildman–Crippen MR) is 303 cm³/mol. The van der Waals surface area contributed by atoms with E-state index in [4.69, 9.17) is 61.6 Å². The Bertz CT molecular complexity index is 1950. The molecular weight excluding hydrogens is 1130 g/mol. The Labute approximate surface area is 507 Å². The molecule has 26 atom stereocenters. The van der Waals surface area contributed by atoms with E-state index >= 15 is 0 Å². The molecule has 6 aliphatic heterocycles. The number of carbonyl (C=O) groups excluding carboxylic acids is 3. The summed E-state index contributed by atoms with van der Waals surface area (Å²) in [4.78, 5) is 40.3. The van der Waals surface area contributed by atoms with Crippen molar-refractivity contribution >= 4 is 17.9 Å². The molecule has 6 aliphatic rings. The van der Waals surface area contributed by atoms with Gasteiger partial charge in [0.2, 0.25) is 0 Å². The molecule has 0 amide bonds. The minimum atomic E-state index is -1.95. The number of hydrogen-bond donors (Lipinski definition) is 9. The maximum atomic E-state index is 13.9. The molecule has 6 heterocycles. The minimum absolute atomic E-state index is 0.0130. The van der Waals surface area contributed by atoms with Gasteiger partial charge in [0.1, 0.15) is 79.4 Å². The van der Waals surface area contributed by atoms with Crippen LogP contribution < -0.4 is 0 Å². The van der Waals surface area contributed by atoms with E-state index < -0.39 is 178 Å². The first-order valence-corrected chi connectivity index (χ1v) is 32.4. The summed E-state index contributed by atoms with van der Waals surface area (Å²) in [6.07, 6.45) is -20.3. The van der Waals surface area contributed by atoms with Gasteiger partial charge in [-0.3, -0.25) is 14.4 Å². The highest BCUT2D eigenvalue weighted by Crippen LogP contribution is 2.39. The molecule has 0 spiro atoms. The number of ether oxygens (including phenoxy) is 13. The first kappa shape index (κ1) is 72.7. The third-order valence-electron chi connectivity index (χ3n) is 17.5. The van der Waals surface area contributed by atoms with E-state index in [1.807, 2.05) is 0 Å². The fourth-order valence-corrected chi connectivity index (χ4v) is 12.2. The van der Waals surface area contributed by atoms with Crippen molar-refractivity contribution in [3.63, 3.8) is 0 Å². The lowest BCUT2D eigenvalue weighted by Crippen LogP contribution is -2.67. The number of esters is 3. The fraction of sp³-hybridized carbons (Fsp3) is 0.951. The zero-order valence-corrected chi connectivity index (χ0v) is 51.7. The molecule has 500 valence electrons. The number of hydrogen-bond acceptors (Lipinski definition) is 25. The van der Waals surface area contributed by atoms with Gasteiger partial charge in [-0.2, -0.15) is 0 Å². The molecule has 0 bridgehead atoms. The molecule has 0 radical (unpaired) electrons. The Kier molecular flexibility index (Phi) is 31.0. The summed E-state index contributed by atoms with van der Waals surface area (Å²) in [5, 5.41) is 102. The van der Waals surface area contributed by atoms with E-state index in [0.717, 1.165) is 116 Å². The molecule has 26 unspecified atom stereocenters. The second kappa shape index (κ2) is 36.6. The highest BCUT2D eigenvalue weighted by atomic mass is 16.8. The van der Waals surface area contributed by atoms with Crippen LogP contribution in [0.1, 0.15) is 203 Å². The Morgan fingerprint density at radius 1 is 0.453 bits per heavy atom. The molecular formula is C61H106O25. The van der Waals surface area contributed by atoms with E-state index in [1.165, 1.54) is 34.1 Å². The third kappa shape index (κ3) is 20.3. The van der Waals surface area contributed by atoms with Crippen LogP contribution in [0.15, 0.2) is 0 Å². The average molecular weight is 1240 g/mol. The van der Waals surface area contributed by atoms with E-state index in [1.54, 1.807) is 6.92 Å². The maximum Gasteiger partial charge on any atom is 0.306 e. The average Bonchev–Trinajstić information content (AvgIpc) is 1.23. The monoisotopic (exact) mass is 1240 g/mol. The topological polar surface area (TPSA) is 353 Å². The van der Waals surface area contributed by atoms with Crippen LogP contribution in [0, 0.1) is 0 Å². The normalized spacial score (nSPS) is 41.6. The van der Waals surface area contributed by atoms with Gasteiger partial charge >= 0.3 is 17.9 Å². The number of unbranched alkanes of at least 4 members (excludes halogenated alkanes) is 10. The van der Waals surface area contributed by atoms with Gasteiger partial charge in [-0.15, -0.1) is 0 Å². The predicted octanol–water partition coefficient (Wildman–Crippen LogP) is 3.67. The second-order valence-corrected chi connectivity index (χ2v) is 24.5. The van der Waals surface area contributed by atoms with Crippen LogP contribution in [0.5, 0.6) is 0 Å². The van der Waals surface area contributed by atoms with Crippen molar-refractivity contribution in [1.29, 1.82) is 0 Å². The molecule has 6 fully saturated rings. The van der Waals surface area contributed by atoms with E-state index in [9.17, 15) is 60.3 Å². The van der Waals surface area contributed by atoms with Crippen molar-refractivity contribution < 1.29 is 122 Å². The van der Waals surface area contributed by atoms with Gasteiger partial charge in [0.05, 0.1) is 37.1 Å². The second-order valence-electron chi connectivity index (χ2n) is 24.5. The molecule has 0 aromatic rings. The number of aliphatic hydroxyl groups is 9. The lowest BCUT2D eigenvalue weighted by Gasteiger charge is -2.50. The van der Waals surface area contributed by atoms with Gasteiger partial charge in [0.25, 0.3) is 0 Å². The summed E-state index contributed by atoms with van der Waals surface area (Å²) >= 11 is 0. The van der Waals surface area contributed by atoms with Crippen LogP contribution in [0.4, 0.5) is 0 Å². The van der Waals surface area contributed by atoms with Gasteiger partial charge in [-0.25, -0.2) is 0 Å². The van der Waals surface area contributed by atoms with Gasteiger partial charge in [0.15, 0.2) is 49.8 Å². The van der Waals surface area contributed by atoms with Gasteiger partial charge < -0.3 is 108 Å². The number of aliphatic hydroxyl groups excluding tert-OH is 9. The summed E-state index contributed by atoms with van der Waals surface area (Å²) in [5.41, 5.74) is 0. The lowest BCUT2D eigenvalue weighted by molar-refractivity contribution is -0.395. The standard InChI is InChI=1S/C61H106O25/c1-8-11-13-14-15-16-19-22-26-30-40(64)81-54-48(72)52(84-61-56(47(71)50(34(5)75-61)80-39(63)10-3)85-57-46(70)44(68)43(67)38(32-62)79-57)35(6)76-59(54)83-51-36(7)77-60-55(49(51)73)82-41(65)31-27-23-20-17-18-21-25-29-37(28-24-12-9-2)78-58-53(86-60)45(69)42(66)33(4)74-58/h33-38,42-62,66-73H,8-32H2,1-7H3. The van der Waals surface area contributed by atoms with Crippen molar-refractivity contribution in [3.05, 3.63) is 0 Å². The maximum absolute atomic E-state index is 13.9. The first-order chi connectivity index (χ1) is 41.2. The van der Waals surface area contributed by atoms with Crippen molar-refractivity contribution in [2.75, 3.05) is 6.61 Å². The molecule has 0 aliphatic carbocycles. The number of fused-ring (bicyclic) bond motifs is 2. The summed E-state index contributed by atoms with van der Waals surface area (Å²) in [6, 6.07) is 0. The van der Waals surface area contributed by atoms with E-state index in [2.05, 4.69) is 13.8 Å². The largest absolute Gasteiger partial charge is 0.457 e. The molecule has 25 nitrogen and oxygen atoms in total. The molecule has 25 heteroatoms. The zero-order chi connectivity index (χ0) is 62.6. The summed E-state index contributed by atoms with van der Waals surface area (Å²) < 4.78 is 80.7. The van der Waals surface area contributed by atoms with Crippen LogP contribution in [0.2, 0.25) is 0 Å².